The molecule has 0 bridgehead atoms. The maximum atomic E-state index is 5.98. The first-order chi connectivity index (χ1) is 9.21. The van der Waals surface area contributed by atoms with Gasteiger partial charge >= 0.3 is 0 Å². The first kappa shape index (κ1) is 16.5. The number of rotatable bonds is 1. The van der Waals surface area contributed by atoms with Crippen molar-refractivity contribution in [1.82, 2.24) is 4.90 Å². The monoisotopic (exact) mass is 391 g/mol. The van der Waals surface area contributed by atoms with Crippen molar-refractivity contribution in [2.24, 2.45) is 9.98 Å². The van der Waals surface area contributed by atoms with Gasteiger partial charge in [-0.3, -0.25) is 4.90 Å². The van der Waals surface area contributed by atoms with E-state index in [1.807, 2.05) is 30.3 Å². The van der Waals surface area contributed by atoms with Gasteiger partial charge in [0.25, 0.3) is 3.92 Å². The summed E-state index contributed by atoms with van der Waals surface area (Å²) < 4.78 is -3.72. The Hall–Kier alpha value is 0.1000. The highest BCUT2D eigenvalue weighted by molar-refractivity contribution is 6.77. The second-order valence-corrected chi connectivity index (χ2v) is 8.34. The second kappa shape index (κ2) is 6.07. The van der Waals surface area contributed by atoms with Crippen LogP contribution in [-0.2, 0) is 0 Å². The summed E-state index contributed by atoms with van der Waals surface area (Å²) in [4.78, 5) is 9.36. The molecular formula is C11H7Cl6N3. The maximum Gasteiger partial charge on any atom is 0.271 e. The average Bonchev–Trinajstić information content (AvgIpc) is 2.37. The van der Waals surface area contributed by atoms with E-state index in [1.165, 1.54) is 11.2 Å². The van der Waals surface area contributed by atoms with E-state index in [4.69, 9.17) is 69.6 Å². The minimum absolute atomic E-state index is 0.00801. The number of hydrogen-bond acceptors (Lipinski definition) is 3. The topological polar surface area (TPSA) is 28.0 Å². The zero-order valence-electron chi connectivity index (χ0n) is 9.65. The molecule has 0 radical (unpaired) electrons. The van der Waals surface area contributed by atoms with E-state index in [0.29, 0.717) is 0 Å². The Morgan fingerprint density at radius 2 is 1.55 bits per heavy atom. The van der Waals surface area contributed by atoms with Crippen molar-refractivity contribution >= 4 is 81.8 Å². The molecule has 0 aromatic heterocycles. The van der Waals surface area contributed by atoms with Crippen LogP contribution in [0.25, 0.3) is 0 Å². The van der Waals surface area contributed by atoms with E-state index < -0.39 is 13.9 Å². The summed E-state index contributed by atoms with van der Waals surface area (Å²) in [5.41, 5.74) is 0.775. The van der Waals surface area contributed by atoms with E-state index in [2.05, 4.69) is 9.98 Å². The van der Waals surface area contributed by atoms with Crippen molar-refractivity contribution in [3.05, 3.63) is 35.9 Å². The van der Waals surface area contributed by atoms with Crippen LogP contribution in [0.3, 0.4) is 0 Å². The van der Waals surface area contributed by atoms with Crippen molar-refractivity contribution in [1.29, 1.82) is 0 Å². The highest BCUT2D eigenvalue weighted by Gasteiger charge is 2.46. The Balaban J connectivity index is 2.49. The van der Waals surface area contributed by atoms with E-state index in [9.17, 15) is 0 Å². The highest BCUT2D eigenvalue weighted by Crippen LogP contribution is 2.44. The van der Waals surface area contributed by atoms with Gasteiger partial charge in [-0.15, -0.1) is 0 Å². The van der Waals surface area contributed by atoms with Crippen molar-refractivity contribution in [3.63, 3.8) is 0 Å². The van der Waals surface area contributed by atoms with Crippen molar-refractivity contribution in [2.45, 2.75) is 13.9 Å². The zero-order valence-corrected chi connectivity index (χ0v) is 14.2. The summed E-state index contributed by atoms with van der Waals surface area (Å²) >= 11 is 35.6. The Bertz CT molecular complexity index is 531. The predicted molar refractivity (Wildman–Crippen MR) is 87.5 cm³/mol. The van der Waals surface area contributed by atoms with Crippen LogP contribution in [0.5, 0.6) is 0 Å². The minimum atomic E-state index is -1.87. The van der Waals surface area contributed by atoms with Crippen LogP contribution < -0.4 is 0 Å². The quantitative estimate of drug-likeness (QED) is 0.480. The number of hydrogen-bond donors (Lipinski definition) is 0. The fourth-order valence-corrected chi connectivity index (χ4v) is 2.66. The van der Waals surface area contributed by atoms with Crippen molar-refractivity contribution < 1.29 is 0 Å². The molecule has 1 atom stereocenters. The summed E-state index contributed by atoms with van der Waals surface area (Å²) in [6.07, 6.45) is 0.633. The third kappa shape index (κ3) is 3.65. The standard InChI is InChI=1S/C11H7Cl6N3/c12-10(13,14)9-19-6-18-8(20(9)11(15,16)17)7-4-2-1-3-5-7/h1-6,8H. The molecule has 1 heterocycles. The molecule has 1 aromatic carbocycles. The van der Waals surface area contributed by atoms with Crippen LogP contribution in [0.2, 0.25) is 0 Å². The molecule has 0 fully saturated rings. The Labute approximate surface area is 146 Å². The van der Waals surface area contributed by atoms with Crippen LogP contribution in [0, 0.1) is 0 Å². The van der Waals surface area contributed by atoms with E-state index in [1.54, 1.807) is 0 Å². The molecule has 1 aliphatic heterocycles. The first-order valence-electron chi connectivity index (χ1n) is 5.29. The lowest BCUT2D eigenvalue weighted by atomic mass is 10.1. The van der Waals surface area contributed by atoms with Gasteiger partial charge in [0, 0.05) is 0 Å². The zero-order chi connectivity index (χ0) is 15.0. The molecule has 108 valence electrons. The van der Waals surface area contributed by atoms with Gasteiger partial charge in [0.2, 0.25) is 3.79 Å². The van der Waals surface area contributed by atoms with Gasteiger partial charge in [0.1, 0.15) is 6.34 Å². The highest BCUT2D eigenvalue weighted by atomic mass is 35.6. The molecule has 20 heavy (non-hydrogen) atoms. The number of benzene rings is 1. The van der Waals surface area contributed by atoms with Gasteiger partial charge in [-0.2, -0.15) is 0 Å². The Morgan fingerprint density at radius 3 is 2.05 bits per heavy atom. The summed E-state index contributed by atoms with van der Waals surface area (Å²) in [7, 11) is 0. The second-order valence-electron chi connectivity index (χ2n) is 3.84. The lowest BCUT2D eigenvalue weighted by molar-refractivity contribution is 0.320. The lowest BCUT2D eigenvalue weighted by Crippen LogP contribution is -2.49. The third-order valence-corrected chi connectivity index (χ3v) is 3.54. The molecule has 0 saturated heterocycles. The lowest BCUT2D eigenvalue weighted by Gasteiger charge is -2.40. The number of nitrogens with zero attached hydrogens (tertiary/aromatic N) is 3. The smallest absolute Gasteiger partial charge is 0.271 e. The number of amidine groups is 1. The molecule has 0 amide bonds. The van der Waals surface area contributed by atoms with Gasteiger partial charge in [0.15, 0.2) is 12.0 Å². The van der Waals surface area contributed by atoms with Crippen LogP contribution in [-0.4, -0.2) is 24.8 Å². The molecule has 1 aliphatic rings. The van der Waals surface area contributed by atoms with Crippen LogP contribution in [0.1, 0.15) is 11.7 Å². The summed E-state index contributed by atoms with van der Waals surface area (Å²) in [6.45, 7) is 0. The van der Waals surface area contributed by atoms with Crippen LogP contribution in [0.4, 0.5) is 0 Å². The molecular weight excluding hydrogens is 387 g/mol. The Kier molecular flexibility index (Phi) is 5.00. The summed E-state index contributed by atoms with van der Waals surface area (Å²) in [5, 5.41) is 0. The van der Waals surface area contributed by atoms with Crippen LogP contribution >= 0.6 is 69.6 Å². The van der Waals surface area contributed by atoms with Crippen LogP contribution in [0.15, 0.2) is 40.3 Å². The van der Waals surface area contributed by atoms with Gasteiger partial charge in [0.05, 0.1) is 0 Å². The average molecular weight is 394 g/mol. The number of alkyl halides is 6. The number of halogens is 6. The van der Waals surface area contributed by atoms with Crippen molar-refractivity contribution in [2.75, 3.05) is 0 Å². The largest absolute Gasteiger partial charge is 0.285 e. The molecule has 3 nitrogen and oxygen atoms in total. The summed E-state index contributed by atoms with van der Waals surface area (Å²) in [6, 6.07) is 9.18. The van der Waals surface area contributed by atoms with Gasteiger partial charge in [-0.25, -0.2) is 9.98 Å². The molecule has 0 saturated carbocycles. The van der Waals surface area contributed by atoms with Gasteiger partial charge in [-0.05, 0) is 5.56 Å². The van der Waals surface area contributed by atoms with Gasteiger partial charge in [-0.1, -0.05) is 99.9 Å². The molecule has 9 heteroatoms. The fraction of sp³-hybridized carbons (Fsp3) is 0.273. The summed E-state index contributed by atoms with van der Waals surface area (Å²) in [5.74, 6) is -0.00801. The Morgan fingerprint density at radius 1 is 0.950 bits per heavy atom. The normalized spacial score (nSPS) is 20.0. The SMILES string of the molecule is ClC(Cl)(Cl)C1=NC=NC(c2ccccc2)N1C(Cl)(Cl)Cl. The maximum absolute atomic E-state index is 5.98. The molecule has 0 spiro atoms. The fourth-order valence-electron chi connectivity index (χ4n) is 1.72. The van der Waals surface area contributed by atoms with Crippen molar-refractivity contribution in [3.8, 4) is 0 Å². The predicted octanol–water partition coefficient (Wildman–Crippen LogP) is 5.13. The number of aliphatic imine (C=N–C) groups is 2. The van der Waals surface area contributed by atoms with E-state index in [-0.39, 0.29) is 5.84 Å². The van der Waals surface area contributed by atoms with E-state index >= 15 is 0 Å². The minimum Gasteiger partial charge on any atom is -0.285 e. The molecule has 2 rings (SSSR count). The molecule has 1 aromatic rings. The first-order valence-corrected chi connectivity index (χ1v) is 7.55. The van der Waals surface area contributed by atoms with E-state index in [0.717, 1.165) is 5.56 Å². The molecule has 0 aliphatic carbocycles. The molecule has 1 unspecified atom stereocenters. The third-order valence-electron chi connectivity index (χ3n) is 2.49. The van der Waals surface area contributed by atoms with Gasteiger partial charge < -0.3 is 0 Å². The molecule has 0 N–H and O–H groups in total.